The van der Waals surface area contributed by atoms with Crippen molar-refractivity contribution in [3.63, 3.8) is 0 Å². The van der Waals surface area contributed by atoms with Gasteiger partial charge in [-0.1, -0.05) is 37.3 Å². The molecule has 0 aliphatic carbocycles. The van der Waals surface area contributed by atoms with Gasteiger partial charge in [0.05, 0.1) is 11.3 Å². The first kappa shape index (κ1) is 25.0. The molecular weight excluding hydrogens is 476 g/mol. The SMILES string of the molecule is CCCN1C(=O)/C(=N\NC(=O)Nc2ccccc2)c2cc(SCCc3ccc(C(=O)O)cc3)ccc21. The first-order chi connectivity index (χ1) is 17.5. The fourth-order valence-electron chi connectivity index (χ4n) is 3.82. The minimum absolute atomic E-state index is 0.202. The molecule has 0 bridgehead atoms. The van der Waals surface area contributed by atoms with Crippen molar-refractivity contribution < 1.29 is 19.5 Å². The monoisotopic (exact) mass is 502 g/mol. The number of nitrogens with one attached hydrogen (secondary N) is 2. The van der Waals surface area contributed by atoms with Crippen molar-refractivity contribution in [2.45, 2.75) is 24.7 Å². The lowest BCUT2D eigenvalue weighted by Gasteiger charge is -2.15. The Kier molecular flexibility index (Phi) is 8.02. The summed E-state index contributed by atoms with van der Waals surface area (Å²) in [5.74, 6) is -0.403. The largest absolute Gasteiger partial charge is 0.478 e. The van der Waals surface area contributed by atoms with E-state index in [1.807, 2.05) is 55.5 Å². The average Bonchev–Trinajstić information content (AvgIpc) is 3.14. The van der Waals surface area contributed by atoms with Crippen LogP contribution in [0, 0.1) is 0 Å². The maximum atomic E-state index is 13.1. The van der Waals surface area contributed by atoms with Crippen molar-refractivity contribution in [1.82, 2.24) is 5.43 Å². The van der Waals surface area contributed by atoms with Gasteiger partial charge in [0.1, 0.15) is 0 Å². The summed E-state index contributed by atoms with van der Waals surface area (Å²) in [7, 11) is 0. The molecule has 0 unspecified atom stereocenters. The molecule has 1 heterocycles. The molecule has 3 amide bonds. The number of rotatable bonds is 9. The van der Waals surface area contributed by atoms with E-state index in [4.69, 9.17) is 5.11 Å². The zero-order valence-electron chi connectivity index (χ0n) is 19.7. The molecule has 3 aromatic carbocycles. The predicted molar refractivity (Wildman–Crippen MR) is 142 cm³/mol. The number of thioether (sulfide) groups is 1. The second kappa shape index (κ2) is 11.5. The highest BCUT2D eigenvalue weighted by molar-refractivity contribution is 7.99. The van der Waals surface area contributed by atoms with Crippen LogP contribution in [0.15, 0.2) is 82.8 Å². The molecule has 3 aromatic rings. The number of carbonyl (C=O) groups is 3. The molecule has 0 saturated carbocycles. The molecule has 36 heavy (non-hydrogen) atoms. The van der Waals surface area contributed by atoms with Crippen LogP contribution in [0.1, 0.15) is 34.8 Å². The number of aryl methyl sites for hydroxylation is 1. The quantitative estimate of drug-likeness (QED) is 0.282. The highest BCUT2D eigenvalue weighted by Gasteiger charge is 2.34. The number of benzene rings is 3. The minimum atomic E-state index is -0.940. The summed E-state index contributed by atoms with van der Waals surface area (Å²) in [6.07, 6.45) is 1.56. The van der Waals surface area contributed by atoms with E-state index in [0.717, 1.165) is 34.7 Å². The number of hydrogen-bond donors (Lipinski definition) is 3. The average molecular weight is 503 g/mol. The minimum Gasteiger partial charge on any atom is -0.478 e. The number of urea groups is 1. The van der Waals surface area contributed by atoms with Crippen molar-refractivity contribution in [3.8, 4) is 0 Å². The molecule has 1 aliphatic rings. The van der Waals surface area contributed by atoms with E-state index in [1.165, 1.54) is 0 Å². The molecule has 3 N–H and O–H groups in total. The first-order valence-corrected chi connectivity index (χ1v) is 12.6. The standard InChI is InChI=1S/C27H26N4O4S/c1-2-15-31-23-13-12-21(36-16-14-18-8-10-19(11-9-18)26(33)34)17-22(23)24(25(31)32)29-30-27(35)28-20-6-4-3-5-7-20/h3-13,17H,2,14-16H2,1H3,(H,33,34)(H2,28,30,35)/b29-24-. The Morgan fingerprint density at radius 3 is 2.47 bits per heavy atom. The van der Waals surface area contributed by atoms with Gasteiger partial charge in [0.2, 0.25) is 0 Å². The van der Waals surface area contributed by atoms with Gasteiger partial charge in [0.25, 0.3) is 5.91 Å². The van der Waals surface area contributed by atoms with E-state index < -0.39 is 12.0 Å². The number of hydrogen-bond acceptors (Lipinski definition) is 5. The number of amides is 3. The lowest BCUT2D eigenvalue weighted by atomic mass is 10.1. The van der Waals surface area contributed by atoms with Gasteiger partial charge in [-0.3, -0.25) is 4.79 Å². The predicted octanol–water partition coefficient (Wildman–Crippen LogP) is 5.00. The third-order valence-corrected chi connectivity index (χ3v) is 6.57. The molecule has 0 radical (unpaired) electrons. The zero-order valence-corrected chi connectivity index (χ0v) is 20.5. The second-order valence-electron chi connectivity index (χ2n) is 8.13. The van der Waals surface area contributed by atoms with Gasteiger partial charge in [0.15, 0.2) is 5.71 Å². The van der Waals surface area contributed by atoms with E-state index in [1.54, 1.807) is 40.9 Å². The number of para-hydroxylation sites is 1. The van der Waals surface area contributed by atoms with Gasteiger partial charge in [-0.15, -0.1) is 11.8 Å². The summed E-state index contributed by atoms with van der Waals surface area (Å²) >= 11 is 1.63. The van der Waals surface area contributed by atoms with Crippen LogP contribution in [-0.4, -0.2) is 41.0 Å². The Morgan fingerprint density at radius 2 is 1.78 bits per heavy atom. The lowest BCUT2D eigenvalue weighted by Crippen LogP contribution is -2.33. The van der Waals surface area contributed by atoms with Crippen LogP contribution in [0.4, 0.5) is 16.2 Å². The Hall–Kier alpha value is -4.11. The molecule has 0 atom stereocenters. The molecule has 4 rings (SSSR count). The summed E-state index contributed by atoms with van der Waals surface area (Å²) < 4.78 is 0. The second-order valence-corrected chi connectivity index (χ2v) is 9.30. The van der Waals surface area contributed by atoms with Crippen LogP contribution >= 0.6 is 11.8 Å². The molecule has 0 spiro atoms. The highest BCUT2D eigenvalue weighted by Crippen LogP contribution is 2.33. The number of fused-ring (bicyclic) bond motifs is 1. The van der Waals surface area contributed by atoms with Crippen LogP contribution in [0.25, 0.3) is 0 Å². The number of aromatic carboxylic acids is 1. The van der Waals surface area contributed by atoms with Crippen LogP contribution in [0.5, 0.6) is 0 Å². The fraction of sp³-hybridized carbons (Fsp3) is 0.185. The lowest BCUT2D eigenvalue weighted by molar-refractivity contribution is -0.112. The number of nitrogens with zero attached hydrogens (tertiary/aromatic N) is 2. The maximum absolute atomic E-state index is 13.1. The molecule has 0 aromatic heterocycles. The molecule has 184 valence electrons. The molecule has 8 nitrogen and oxygen atoms in total. The topological polar surface area (TPSA) is 111 Å². The third kappa shape index (κ3) is 5.92. The van der Waals surface area contributed by atoms with Gasteiger partial charge in [0, 0.05) is 28.4 Å². The first-order valence-electron chi connectivity index (χ1n) is 11.6. The summed E-state index contributed by atoms with van der Waals surface area (Å²) in [6, 6.07) is 21.1. The summed E-state index contributed by atoms with van der Waals surface area (Å²) in [5, 5.41) is 15.9. The van der Waals surface area contributed by atoms with Crippen molar-refractivity contribution in [2.75, 3.05) is 22.5 Å². The molecule has 1 aliphatic heterocycles. The van der Waals surface area contributed by atoms with Crippen LogP contribution in [0.3, 0.4) is 0 Å². The van der Waals surface area contributed by atoms with E-state index in [9.17, 15) is 14.4 Å². The molecule has 0 fully saturated rings. The molecule has 9 heteroatoms. The Labute approximate surface area is 213 Å². The zero-order chi connectivity index (χ0) is 25.5. The van der Waals surface area contributed by atoms with Crippen LogP contribution in [0.2, 0.25) is 0 Å². The fourth-order valence-corrected chi connectivity index (χ4v) is 4.76. The van der Waals surface area contributed by atoms with E-state index in [-0.39, 0.29) is 17.2 Å². The number of carbonyl (C=O) groups excluding carboxylic acids is 2. The summed E-state index contributed by atoms with van der Waals surface area (Å²) in [5.41, 5.74) is 6.05. The number of carboxylic acids is 1. The van der Waals surface area contributed by atoms with Gasteiger partial charge in [-0.05, 0) is 60.9 Å². The summed E-state index contributed by atoms with van der Waals surface area (Å²) in [4.78, 5) is 39.1. The van der Waals surface area contributed by atoms with Gasteiger partial charge >= 0.3 is 12.0 Å². The Bertz CT molecular complexity index is 1290. The van der Waals surface area contributed by atoms with Crippen LogP contribution in [-0.2, 0) is 11.2 Å². The number of carboxylic acid groups (broad SMARTS) is 1. The third-order valence-electron chi connectivity index (χ3n) is 5.57. The number of hydrazone groups is 1. The van der Waals surface area contributed by atoms with Gasteiger partial charge in [-0.25, -0.2) is 15.0 Å². The van der Waals surface area contributed by atoms with Crippen molar-refractivity contribution in [2.24, 2.45) is 5.10 Å². The van der Waals surface area contributed by atoms with E-state index in [0.29, 0.717) is 17.8 Å². The highest BCUT2D eigenvalue weighted by atomic mass is 32.2. The van der Waals surface area contributed by atoms with Crippen LogP contribution < -0.4 is 15.6 Å². The van der Waals surface area contributed by atoms with Crippen molar-refractivity contribution in [3.05, 3.63) is 89.5 Å². The van der Waals surface area contributed by atoms with Gasteiger partial charge < -0.3 is 15.3 Å². The Morgan fingerprint density at radius 1 is 1.03 bits per heavy atom. The Balaban J connectivity index is 1.46. The van der Waals surface area contributed by atoms with Gasteiger partial charge in [-0.2, -0.15) is 5.10 Å². The maximum Gasteiger partial charge on any atom is 0.339 e. The number of anilines is 2. The molecular formula is C27H26N4O4S. The summed E-state index contributed by atoms with van der Waals surface area (Å²) in [6.45, 7) is 2.56. The van der Waals surface area contributed by atoms with Crippen molar-refractivity contribution >= 4 is 46.8 Å². The molecule has 0 saturated heterocycles. The smallest absolute Gasteiger partial charge is 0.339 e. The van der Waals surface area contributed by atoms with E-state index in [2.05, 4.69) is 15.8 Å². The normalized spacial score (nSPS) is 13.5. The van der Waals surface area contributed by atoms with Crippen molar-refractivity contribution in [1.29, 1.82) is 0 Å². The van der Waals surface area contributed by atoms with E-state index >= 15 is 0 Å².